The summed E-state index contributed by atoms with van der Waals surface area (Å²) in [5, 5.41) is 6.49. The number of hydrogen-bond acceptors (Lipinski definition) is 3. The maximum atomic E-state index is 3.34. The van der Waals surface area contributed by atoms with Crippen LogP contribution in [-0.2, 0) is 6.54 Å². The molecule has 0 aromatic heterocycles. The number of hydrogen-bond donors (Lipinski definition) is 2. The molecule has 0 spiro atoms. The van der Waals surface area contributed by atoms with E-state index >= 15 is 0 Å². The van der Waals surface area contributed by atoms with Gasteiger partial charge in [0.05, 0.1) is 5.88 Å². The van der Waals surface area contributed by atoms with E-state index in [0.29, 0.717) is 0 Å². The normalized spacial score (nSPS) is 15.6. The van der Waals surface area contributed by atoms with Gasteiger partial charge >= 0.3 is 0 Å². The van der Waals surface area contributed by atoms with Gasteiger partial charge in [-0.25, -0.2) is 0 Å². The van der Waals surface area contributed by atoms with Crippen molar-refractivity contribution in [3.8, 4) is 0 Å². The van der Waals surface area contributed by atoms with Gasteiger partial charge in [0, 0.05) is 17.1 Å². The van der Waals surface area contributed by atoms with Crippen LogP contribution in [-0.4, -0.2) is 12.9 Å². The van der Waals surface area contributed by atoms with E-state index in [1.807, 2.05) is 18.8 Å². The highest BCUT2D eigenvalue weighted by molar-refractivity contribution is 8.08. The van der Waals surface area contributed by atoms with E-state index in [1.165, 1.54) is 21.7 Å². The average molecular weight is 220 g/mol. The summed E-state index contributed by atoms with van der Waals surface area (Å²) < 4.78 is 0. The van der Waals surface area contributed by atoms with Gasteiger partial charge in [0.2, 0.25) is 0 Å². The minimum Gasteiger partial charge on any atom is -0.378 e. The van der Waals surface area contributed by atoms with Crippen LogP contribution >= 0.6 is 11.8 Å². The van der Waals surface area contributed by atoms with Crippen LogP contribution in [0.3, 0.4) is 0 Å². The average Bonchev–Trinajstić information content (AvgIpc) is 2.66. The molecule has 0 amide bonds. The molecule has 15 heavy (non-hydrogen) atoms. The van der Waals surface area contributed by atoms with Crippen LogP contribution in [0.15, 0.2) is 30.0 Å². The first kappa shape index (κ1) is 10.6. The van der Waals surface area contributed by atoms with Gasteiger partial charge in [0.25, 0.3) is 0 Å². The lowest BCUT2D eigenvalue weighted by atomic mass is 10.1. The zero-order valence-corrected chi connectivity index (χ0v) is 9.95. The number of thioether (sulfide) groups is 1. The zero-order valence-electron chi connectivity index (χ0n) is 9.13. The molecule has 1 aromatic rings. The Morgan fingerprint density at radius 3 is 2.60 bits per heavy atom. The van der Waals surface area contributed by atoms with E-state index in [1.54, 1.807) is 0 Å². The molecule has 1 heterocycles. The third-order valence-electron chi connectivity index (χ3n) is 2.49. The lowest BCUT2D eigenvalue weighted by Gasteiger charge is -2.04. The van der Waals surface area contributed by atoms with Crippen LogP contribution < -0.4 is 10.6 Å². The van der Waals surface area contributed by atoms with E-state index in [-0.39, 0.29) is 0 Å². The molecule has 2 N–H and O–H groups in total. The molecular weight excluding hydrogens is 204 g/mol. The van der Waals surface area contributed by atoms with Crippen molar-refractivity contribution in [3.63, 3.8) is 0 Å². The SMILES string of the molecule is CNCc1ccc(C2=C(C)NCS2)cc1. The summed E-state index contributed by atoms with van der Waals surface area (Å²) >= 11 is 1.88. The van der Waals surface area contributed by atoms with Crippen molar-refractivity contribution in [2.45, 2.75) is 13.5 Å². The van der Waals surface area contributed by atoms with E-state index in [2.05, 4.69) is 41.8 Å². The Balaban J connectivity index is 2.20. The van der Waals surface area contributed by atoms with Crippen LogP contribution in [0.4, 0.5) is 0 Å². The number of nitrogens with one attached hydrogen (secondary N) is 2. The van der Waals surface area contributed by atoms with Crippen molar-refractivity contribution in [1.29, 1.82) is 0 Å². The topological polar surface area (TPSA) is 24.1 Å². The molecule has 2 rings (SSSR count). The summed E-state index contributed by atoms with van der Waals surface area (Å²) in [6.07, 6.45) is 0. The van der Waals surface area contributed by atoms with Crippen LogP contribution in [0, 0.1) is 0 Å². The van der Waals surface area contributed by atoms with Gasteiger partial charge in [-0.1, -0.05) is 24.3 Å². The molecule has 80 valence electrons. The van der Waals surface area contributed by atoms with Gasteiger partial charge in [-0.15, -0.1) is 11.8 Å². The summed E-state index contributed by atoms with van der Waals surface area (Å²) in [7, 11) is 1.97. The molecule has 0 bridgehead atoms. The third-order valence-corrected chi connectivity index (χ3v) is 3.61. The molecule has 0 unspecified atom stereocenters. The molecule has 1 aliphatic heterocycles. The molecule has 1 aliphatic rings. The Hall–Kier alpha value is -0.930. The van der Waals surface area contributed by atoms with Crippen molar-refractivity contribution >= 4 is 16.7 Å². The second-order valence-corrected chi connectivity index (χ2v) is 4.63. The molecule has 0 saturated heterocycles. The second-order valence-electron chi connectivity index (χ2n) is 3.65. The van der Waals surface area contributed by atoms with E-state index in [4.69, 9.17) is 0 Å². The summed E-state index contributed by atoms with van der Waals surface area (Å²) in [5.74, 6) is 0.999. The molecule has 0 atom stereocenters. The van der Waals surface area contributed by atoms with Gasteiger partial charge in [0.1, 0.15) is 0 Å². The fraction of sp³-hybridized carbons (Fsp3) is 0.333. The fourth-order valence-corrected chi connectivity index (χ4v) is 2.71. The van der Waals surface area contributed by atoms with Crippen molar-refractivity contribution in [3.05, 3.63) is 41.1 Å². The summed E-state index contributed by atoms with van der Waals surface area (Å²) in [6, 6.07) is 8.77. The molecule has 2 nitrogen and oxygen atoms in total. The Kier molecular flexibility index (Phi) is 3.34. The standard InChI is InChI=1S/C12H16N2S/c1-9-12(15-8-14-9)11-5-3-10(4-6-11)7-13-2/h3-6,13-14H,7-8H2,1-2H3. The fourth-order valence-electron chi connectivity index (χ4n) is 1.68. The predicted octanol–water partition coefficient (Wildman–Crippen LogP) is 2.39. The minimum absolute atomic E-state index is 0.934. The van der Waals surface area contributed by atoms with Crippen LogP contribution in [0.2, 0.25) is 0 Å². The Labute approximate surface area is 95.1 Å². The first-order valence-corrected chi connectivity index (χ1v) is 6.11. The van der Waals surface area contributed by atoms with Crippen molar-refractivity contribution in [1.82, 2.24) is 10.6 Å². The second kappa shape index (κ2) is 4.73. The minimum atomic E-state index is 0.934. The smallest absolute Gasteiger partial charge is 0.0655 e. The maximum Gasteiger partial charge on any atom is 0.0655 e. The van der Waals surface area contributed by atoms with Crippen molar-refractivity contribution in [2.75, 3.05) is 12.9 Å². The number of allylic oxidation sites excluding steroid dienone is 1. The largest absolute Gasteiger partial charge is 0.378 e. The molecule has 0 saturated carbocycles. The van der Waals surface area contributed by atoms with Crippen molar-refractivity contribution in [2.24, 2.45) is 0 Å². The van der Waals surface area contributed by atoms with Gasteiger partial charge in [-0.3, -0.25) is 0 Å². The van der Waals surface area contributed by atoms with Gasteiger partial charge < -0.3 is 10.6 Å². The monoisotopic (exact) mass is 220 g/mol. The number of benzene rings is 1. The number of rotatable bonds is 3. The first-order chi connectivity index (χ1) is 7.31. The van der Waals surface area contributed by atoms with E-state index in [0.717, 1.165) is 12.4 Å². The zero-order chi connectivity index (χ0) is 10.7. The maximum absolute atomic E-state index is 3.34. The van der Waals surface area contributed by atoms with Crippen LogP contribution in [0.5, 0.6) is 0 Å². The first-order valence-electron chi connectivity index (χ1n) is 5.12. The molecule has 3 heteroatoms. The Bertz CT molecular complexity index is 368. The van der Waals surface area contributed by atoms with Crippen molar-refractivity contribution < 1.29 is 0 Å². The molecule has 0 radical (unpaired) electrons. The van der Waals surface area contributed by atoms with Crippen LogP contribution in [0.1, 0.15) is 18.1 Å². The predicted molar refractivity (Wildman–Crippen MR) is 67.4 cm³/mol. The molecule has 1 aromatic carbocycles. The quantitative estimate of drug-likeness (QED) is 0.818. The molecular formula is C12H16N2S. The lowest BCUT2D eigenvalue weighted by molar-refractivity contribution is 0.818. The third kappa shape index (κ3) is 2.36. The summed E-state index contributed by atoms with van der Waals surface area (Å²) in [5.41, 5.74) is 3.94. The highest BCUT2D eigenvalue weighted by atomic mass is 32.2. The van der Waals surface area contributed by atoms with E-state index in [9.17, 15) is 0 Å². The van der Waals surface area contributed by atoms with Gasteiger partial charge in [-0.05, 0) is 25.1 Å². The van der Waals surface area contributed by atoms with Gasteiger partial charge in [0.15, 0.2) is 0 Å². The Morgan fingerprint density at radius 2 is 2.07 bits per heavy atom. The molecule has 0 fully saturated rings. The van der Waals surface area contributed by atoms with Gasteiger partial charge in [-0.2, -0.15) is 0 Å². The lowest BCUT2D eigenvalue weighted by Crippen LogP contribution is -2.04. The summed E-state index contributed by atoms with van der Waals surface area (Å²) in [6.45, 7) is 3.07. The summed E-state index contributed by atoms with van der Waals surface area (Å²) in [4.78, 5) is 1.38. The highest BCUT2D eigenvalue weighted by Gasteiger charge is 2.12. The Morgan fingerprint density at radius 1 is 1.33 bits per heavy atom. The molecule has 0 aliphatic carbocycles. The highest BCUT2D eigenvalue weighted by Crippen LogP contribution is 2.33. The van der Waals surface area contributed by atoms with E-state index < -0.39 is 0 Å². The van der Waals surface area contributed by atoms with Crippen LogP contribution in [0.25, 0.3) is 4.91 Å².